The predicted octanol–water partition coefficient (Wildman–Crippen LogP) is 2.68. The van der Waals surface area contributed by atoms with Crippen LogP contribution in [-0.4, -0.2) is 22.8 Å². The molecule has 116 valence electrons. The van der Waals surface area contributed by atoms with Crippen LogP contribution >= 0.6 is 0 Å². The predicted molar refractivity (Wildman–Crippen MR) is 77.8 cm³/mol. The molecule has 1 unspecified atom stereocenters. The smallest absolute Gasteiger partial charge is 0.329 e. The average molecular weight is 313 g/mol. The summed E-state index contributed by atoms with van der Waals surface area (Å²) >= 11 is 0. The maximum absolute atomic E-state index is 12.9. The molecule has 0 saturated carbocycles. The van der Waals surface area contributed by atoms with E-state index in [1.807, 2.05) is 0 Å². The van der Waals surface area contributed by atoms with Crippen molar-refractivity contribution in [2.45, 2.75) is 12.8 Å². The van der Waals surface area contributed by atoms with E-state index in [1.54, 1.807) is 19.1 Å². The summed E-state index contributed by atoms with van der Waals surface area (Å²) in [5, 5.41) is 0.465. The second-order valence-corrected chi connectivity index (χ2v) is 5.13. The van der Waals surface area contributed by atoms with Gasteiger partial charge in [-0.05, 0) is 36.8 Å². The van der Waals surface area contributed by atoms with Gasteiger partial charge in [0.1, 0.15) is 5.82 Å². The van der Waals surface area contributed by atoms with Crippen LogP contribution in [0.15, 0.2) is 48.5 Å². The maximum atomic E-state index is 12.9. The molecule has 1 aliphatic heterocycles. The molecule has 0 aliphatic carbocycles. The van der Waals surface area contributed by atoms with Crippen molar-refractivity contribution < 1.29 is 23.6 Å². The zero-order chi connectivity index (χ0) is 16.6. The highest BCUT2D eigenvalue weighted by Crippen LogP contribution is 2.25. The molecule has 0 fully saturated rings. The molecule has 0 bridgehead atoms. The standard InChI is InChI=1S/C17H12FNO4/c1-10(11-6-8-12(18)9-7-11)17(22)23-19-15(20)13-4-2-3-5-14(13)16(19)21/h2-10H,1H3. The number of carbonyl (C=O) groups is 3. The third-order valence-electron chi connectivity index (χ3n) is 3.66. The highest BCUT2D eigenvalue weighted by atomic mass is 19.1. The van der Waals surface area contributed by atoms with Crippen molar-refractivity contribution in [3.05, 3.63) is 71.0 Å². The van der Waals surface area contributed by atoms with Crippen LogP contribution in [0.4, 0.5) is 4.39 Å². The summed E-state index contributed by atoms with van der Waals surface area (Å²) in [6.45, 7) is 1.55. The molecule has 0 saturated heterocycles. The molecule has 1 aliphatic rings. The Morgan fingerprint density at radius 2 is 1.52 bits per heavy atom. The van der Waals surface area contributed by atoms with E-state index in [0.29, 0.717) is 10.6 Å². The van der Waals surface area contributed by atoms with Gasteiger partial charge in [0, 0.05) is 0 Å². The highest BCUT2D eigenvalue weighted by Gasteiger charge is 2.39. The zero-order valence-corrected chi connectivity index (χ0v) is 12.2. The summed E-state index contributed by atoms with van der Waals surface area (Å²) < 4.78 is 12.9. The molecule has 0 radical (unpaired) electrons. The molecule has 5 nitrogen and oxygen atoms in total. The van der Waals surface area contributed by atoms with Crippen molar-refractivity contribution in [3.8, 4) is 0 Å². The first-order chi connectivity index (χ1) is 11.0. The minimum atomic E-state index is -0.772. The number of amides is 2. The molecular weight excluding hydrogens is 301 g/mol. The van der Waals surface area contributed by atoms with Gasteiger partial charge in [0.25, 0.3) is 11.8 Å². The Hall–Kier alpha value is -3.02. The molecule has 2 aromatic rings. The van der Waals surface area contributed by atoms with Crippen LogP contribution in [0.3, 0.4) is 0 Å². The minimum absolute atomic E-state index is 0.194. The van der Waals surface area contributed by atoms with Gasteiger partial charge < -0.3 is 4.84 Å². The summed E-state index contributed by atoms with van der Waals surface area (Å²) in [5.41, 5.74) is 0.910. The van der Waals surface area contributed by atoms with Gasteiger partial charge in [0.15, 0.2) is 0 Å². The van der Waals surface area contributed by atoms with Gasteiger partial charge in [-0.15, -0.1) is 0 Å². The van der Waals surface area contributed by atoms with Crippen LogP contribution in [0.25, 0.3) is 0 Å². The lowest BCUT2D eigenvalue weighted by Gasteiger charge is -2.16. The average Bonchev–Trinajstić information content (AvgIpc) is 2.80. The molecule has 0 N–H and O–H groups in total. The number of hydrogen-bond acceptors (Lipinski definition) is 4. The van der Waals surface area contributed by atoms with Gasteiger partial charge in [-0.3, -0.25) is 9.59 Å². The monoisotopic (exact) mass is 313 g/mol. The lowest BCUT2D eigenvalue weighted by atomic mass is 10.0. The Balaban J connectivity index is 1.77. The molecule has 1 heterocycles. The van der Waals surface area contributed by atoms with E-state index in [9.17, 15) is 18.8 Å². The fourth-order valence-corrected chi connectivity index (χ4v) is 2.31. The fraction of sp³-hybridized carbons (Fsp3) is 0.118. The van der Waals surface area contributed by atoms with Crippen LogP contribution in [0.5, 0.6) is 0 Å². The largest absolute Gasteiger partial charge is 0.340 e. The Kier molecular flexibility index (Phi) is 3.65. The van der Waals surface area contributed by atoms with Gasteiger partial charge in [-0.1, -0.05) is 29.3 Å². The number of benzene rings is 2. The van der Waals surface area contributed by atoms with Gasteiger partial charge in [-0.25, -0.2) is 9.18 Å². The normalized spacial score (nSPS) is 14.6. The first kappa shape index (κ1) is 14.9. The van der Waals surface area contributed by atoms with Gasteiger partial charge in [-0.2, -0.15) is 0 Å². The van der Waals surface area contributed by atoms with Crippen LogP contribution in [-0.2, 0) is 9.63 Å². The summed E-state index contributed by atoms with van der Waals surface area (Å²) in [7, 11) is 0. The number of imide groups is 1. The van der Waals surface area contributed by atoms with Crippen LogP contribution in [0.1, 0.15) is 39.1 Å². The third kappa shape index (κ3) is 2.59. The van der Waals surface area contributed by atoms with Crippen molar-refractivity contribution in [2.24, 2.45) is 0 Å². The Morgan fingerprint density at radius 3 is 2.04 bits per heavy atom. The molecule has 23 heavy (non-hydrogen) atoms. The Bertz CT molecular complexity index is 765. The lowest BCUT2D eigenvalue weighted by Crippen LogP contribution is -2.34. The van der Waals surface area contributed by atoms with Crippen molar-refractivity contribution in [2.75, 3.05) is 0 Å². The number of hydrogen-bond donors (Lipinski definition) is 0. The highest BCUT2D eigenvalue weighted by molar-refractivity contribution is 6.20. The second kappa shape index (κ2) is 5.64. The van der Waals surface area contributed by atoms with Gasteiger partial charge in [0.05, 0.1) is 17.0 Å². The molecule has 1 atom stereocenters. The van der Waals surface area contributed by atoms with Crippen molar-refractivity contribution in [1.82, 2.24) is 5.06 Å². The van der Waals surface area contributed by atoms with Gasteiger partial charge in [0.2, 0.25) is 0 Å². The van der Waals surface area contributed by atoms with E-state index in [0.717, 1.165) is 0 Å². The molecule has 3 rings (SSSR count). The second-order valence-electron chi connectivity index (χ2n) is 5.13. The van der Waals surface area contributed by atoms with Crippen LogP contribution in [0.2, 0.25) is 0 Å². The zero-order valence-electron chi connectivity index (χ0n) is 12.2. The Labute approximate surface area is 131 Å². The fourth-order valence-electron chi connectivity index (χ4n) is 2.31. The quantitative estimate of drug-likeness (QED) is 0.817. The number of rotatable bonds is 3. The number of nitrogens with zero attached hydrogens (tertiary/aromatic N) is 1. The van der Waals surface area contributed by atoms with Crippen LogP contribution in [0, 0.1) is 5.82 Å². The first-order valence-electron chi connectivity index (χ1n) is 6.94. The first-order valence-corrected chi connectivity index (χ1v) is 6.94. The number of hydroxylamine groups is 2. The summed E-state index contributed by atoms with van der Waals surface area (Å²) in [5.74, 6) is -3.30. The van der Waals surface area contributed by atoms with Gasteiger partial charge >= 0.3 is 5.97 Å². The maximum Gasteiger partial charge on any atom is 0.340 e. The van der Waals surface area contributed by atoms with E-state index < -0.39 is 29.5 Å². The number of carbonyl (C=O) groups excluding carboxylic acids is 3. The molecule has 0 aromatic heterocycles. The van der Waals surface area contributed by atoms with E-state index in [-0.39, 0.29) is 11.1 Å². The van der Waals surface area contributed by atoms with E-state index in [4.69, 9.17) is 4.84 Å². The molecule has 2 amide bonds. The van der Waals surface area contributed by atoms with Crippen molar-refractivity contribution in [1.29, 1.82) is 0 Å². The van der Waals surface area contributed by atoms with Crippen molar-refractivity contribution >= 4 is 17.8 Å². The van der Waals surface area contributed by atoms with E-state index in [2.05, 4.69) is 0 Å². The molecular formula is C17H12FNO4. The SMILES string of the molecule is CC(C(=O)ON1C(=O)c2ccccc2C1=O)c1ccc(F)cc1. The number of halogens is 1. The molecule has 0 spiro atoms. The summed E-state index contributed by atoms with van der Waals surface area (Å²) in [4.78, 5) is 41.4. The summed E-state index contributed by atoms with van der Waals surface area (Å²) in [6, 6.07) is 11.6. The lowest BCUT2D eigenvalue weighted by molar-refractivity contribution is -0.170. The Morgan fingerprint density at radius 1 is 1.00 bits per heavy atom. The van der Waals surface area contributed by atoms with Crippen LogP contribution < -0.4 is 0 Å². The number of fused-ring (bicyclic) bond motifs is 1. The van der Waals surface area contributed by atoms with Crippen molar-refractivity contribution in [3.63, 3.8) is 0 Å². The minimum Gasteiger partial charge on any atom is -0.329 e. The topological polar surface area (TPSA) is 63.7 Å². The third-order valence-corrected chi connectivity index (χ3v) is 3.66. The summed E-state index contributed by atoms with van der Waals surface area (Å²) in [6.07, 6.45) is 0. The van der Waals surface area contributed by atoms with E-state index in [1.165, 1.54) is 36.4 Å². The van der Waals surface area contributed by atoms with E-state index >= 15 is 0 Å². The molecule has 6 heteroatoms. The molecule has 2 aromatic carbocycles.